The van der Waals surface area contributed by atoms with Gasteiger partial charge in [0.1, 0.15) is 0 Å². The summed E-state index contributed by atoms with van der Waals surface area (Å²) in [7, 11) is 3.65. The van der Waals surface area contributed by atoms with Crippen molar-refractivity contribution in [1.82, 2.24) is 15.1 Å². The molecule has 31 heavy (non-hydrogen) atoms. The van der Waals surface area contributed by atoms with Gasteiger partial charge in [-0.3, -0.25) is 24.1 Å². The van der Waals surface area contributed by atoms with Crippen molar-refractivity contribution in [3.63, 3.8) is 0 Å². The molecule has 0 bridgehead atoms. The highest BCUT2D eigenvalue weighted by atomic mass is 16.2. The van der Waals surface area contributed by atoms with E-state index < -0.39 is 0 Å². The highest BCUT2D eigenvalue weighted by molar-refractivity contribution is 6.01. The number of carbonyl (C=O) groups is 4. The standard InChI is InChI=1S/C23H26N4O4/c1-26(2)15-20(28)25-19-5-3-4-17(12-19)13-24-23(31)18-8-6-16(7-9-18)14-27-21(29)10-11-22(27)30/h3-9,12H,10-11,13-15H2,1-2H3,(H,24,31)(H,25,28). The first-order valence-corrected chi connectivity index (χ1v) is 10.1. The molecule has 162 valence electrons. The topological polar surface area (TPSA) is 98.8 Å². The monoisotopic (exact) mass is 422 g/mol. The van der Waals surface area contributed by atoms with Crippen molar-refractivity contribution >= 4 is 29.3 Å². The van der Waals surface area contributed by atoms with Gasteiger partial charge in [0.2, 0.25) is 17.7 Å². The van der Waals surface area contributed by atoms with Crippen LogP contribution in [0, 0.1) is 0 Å². The van der Waals surface area contributed by atoms with Gasteiger partial charge in [-0.05, 0) is 49.5 Å². The van der Waals surface area contributed by atoms with Crippen LogP contribution in [0.4, 0.5) is 5.69 Å². The first-order valence-electron chi connectivity index (χ1n) is 10.1. The van der Waals surface area contributed by atoms with Crippen molar-refractivity contribution in [2.75, 3.05) is 26.0 Å². The van der Waals surface area contributed by atoms with Gasteiger partial charge in [0, 0.05) is 30.6 Å². The van der Waals surface area contributed by atoms with E-state index in [1.54, 1.807) is 35.2 Å². The fraction of sp³-hybridized carbons (Fsp3) is 0.304. The Kier molecular flexibility index (Phi) is 7.15. The van der Waals surface area contributed by atoms with Crippen LogP contribution in [-0.4, -0.2) is 54.1 Å². The first-order chi connectivity index (χ1) is 14.8. The molecule has 2 aromatic carbocycles. The molecular formula is C23H26N4O4. The number of hydrogen-bond acceptors (Lipinski definition) is 5. The fourth-order valence-corrected chi connectivity index (χ4v) is 3.27. The minimum atomic E-state index is -0.234. The molecule has 1 aliphatic rings. The molecule has 1 fully saturated rings. The Morgan fingerprint density at radius 1 is 0.968 bits per heavy atom. The van der Waals surface area contributed by atoms with E-state index in [9.17, 15) is 19.2 Å². The van der Waals surface area contributed by atoms with Gasteiger partial charge in [-0.15, -0.1) is 0 Å². The molecule has 8 heteroatoms. The maximum Gasteiger partial charge on any atom is 0.251 e. The van der Waals surface area contributed by atoms with E-state index in [0.717, 1.165) is 11.1 Å². The third-order valence-corrected chi connectivity index (χ3v) is 4.84. The molecule has 0 unspecified atom stereocenters. The third kappa shape index (κ3) is 6.23. The summed E-state index contributed by atoms with van der Waals surface area (Å²) in [6.07, 6.45) is 0.527. The molecular weight excluding hydrogens is 396 g/mol. The number of anilines is 1. The predicted octanol–water partition coefficient (Wildman–Crippen LogP) is 1.77. The van der Waals surface area contributed by atoms with Crippen LogP contribution in [0.25, 0.3) is 0 Å². The van der Waals surface area contributed by atoms with Gasteiger partial charge < -0.3 is 15.5 Å². The van der Waals surface area contributed by atoms with Crippen LogP contribution in [0.5, 0.6) is 0 Å². The number of imide groups is 1. The summed E-state index contributed by atoms with van der Waals surface area (Å²) in [6, 6.07) is 14.1. The van der Waals surface area contributed by atoms with Gasteiger partial charge in [0.05, 0.1) is 13.1 Å². The molecule has 3 rings (SSSR count). The molecule has 2 N–H and O–H groups in total. The maximum absolute atomic E-state index is 12.5. The van der Waals surface area contributed by atoms with E-state index in [1.807, 2.05) is 32.3 Å². The van der Waals surface area contributed by atoms with Gasteiger partial charge in [-0.1, -0.05) is 24.3 Å². The number of amides is 4. The fourth-order valence-electron chi connectivity index (χ4n) is 3.27. The van der Waals surface area contributed by atoms with Gasteiger partial charge >= 0.3 is 0 Å². The Hall–Kier alpha value is -3.52. The molecule has 4 amide bonds. The number of benzene rings is 2. The summed E-state index contributed by atoms with van der Waals surface area (Å²) in [6.45, 7) is 0.831. The molecule has 0 atom stereocenters. The average molecular weight is 422 g/mol. The molecule has 0 aromatic heterocycles. The summed E-state index contributed by atoms with van der Waals surface area (Å²) >= 11 is 0. The van der Waals surface area contributed by atoms with Crippen LogP contribution in [-0.2, 0) is 27.5 Å². The smallest absolute Gasteiger partial charge is 0.251 e. The normalized spacial score (nSPS) is 13.6. The number of likely N-dealkylation sites (N-methyl/N-ethyl adjacent to an activating group) is 1. The highest BCUT2D eigenvalue weighted by Gasteiger charge is 2.28. The second-order valence-corrected chi connectivity index (χ2v) is 7.74. The lowest BCUT2D eigenvalue weighted by Crippen LogP contribution is -2.28. The summed E-state index contributed by atoms with van der Waals surface area (Å²) in [5.74, 6) is -0.663. The van der Waals surface area contributed by atoms with Crippen LogP contribution in [0.1, 0.15) is 34.3 Å². The SMILES string of the molecule is CN(C)CC(=O)Nc1cccc(CNC(=O)c2ccc(CN3C(=O)CCC3=O)cc2)c1. The van der Waals surface area contributed by atoms with Crippen LogP contribution >= 0.6 is 0 Å². The molecule has 1 heterocycles. The predicted molar refractivity (Wildman–Crippen MR) is 116 cm³/mol. The lowest BCUT2D eigenvalue weighted by molar-refractivity contribution is -0.139. The van der Waals surface area contributed by atoms with Crippen LogP contribution in [0.2, 0.25) is 0 Å². The van der Waals surface area contributed by atoms with Crippen molar-refractivity contribution in [3.8, 4) is 0 Å². The molecule has 0 saturated carbocycles. The lowest BCUT2D eigenvalue weighted by atomic mass is 10.1. The largest absolute Gasteiger partial charge is 0.348 e. The minimum Gasteiger partial charge on any atom is -0.348 e. The van der Waals surface area contributed by atoms with E-state index in [0.29, 0.717) is 17.8 Å². The number of carbonyl (C=O) groups excluding carboxylic acids is 4. The third-order valence-electron chi connectivity index (χ3n) is 4.84. The van der Waals surface area contributed by atoms with Crippen molar-refractivity contribution in [1.29, 1.82) is 0 Å². The molecule has 2 aromatic rings. The Morgan fingerprint density at radius 2 is 1.65 bits per heavy atom. The number of likely N-dealkylation sites (tertiary alicyclic amines) is 1. The summed E-state index contributed by atoms with van der Waals surface area (Å²) in [4.78, 5) is 50.8. The molecule has 1 aliphatic heterocycles. The van der Waals surface area contributed by atoms with Crippen LogP contribution in [0.3, 0.4) is 0 Å². The zero-order valence-corrected chi connectivity index (χ0v) is 17.7. The van der Waals surface area contributed by atoms with Crippen molar-refractivity contribution in [2.24, 2.45) is 0 Å². The highest BCUT2D eigenvalue weighted by Crippen LogP contribution is 2.16. The molecule has 8 nitrogen and oxygen atoms in total. The van der Waals surface area contributed by atoms with E-state index in [-0.39, 0.29) is 49.6 Å². The zero-order valence-electron chi connectivity index (χ0n) is 17.7. The number of nitrogens with one attached hydrogen (secondary N) is 2. The Balaban J connectivity index is 1.53. The molecule has 1 saturated heterocycles. The van der Waals surface area contributed by atoms with Crippen molar-refractivity contribution in [2.45, 2.75) is 25.9 Å². The first kappa shape index (κ1) is 22.2. The average Bonchev–Trinajstić information content (AvgIpc) is 3.04. The summed E-state index contributed by atoms with van der Waals surface area (Å²) in [5.41, 5.74) is 2.81. The van der Waals surface area contributed by atoms with E-state index in [4.69, 9.17) is 0 Å². The number of hydrogen-bond donors (Lipinski definition) is 2. The van der Waals surface area contributed by atoms with Gasteiger partial charge in [0.15, 0.2) is 0 Å². The Bertz CT molecular complexity index is 969. The van der Waals surface area contributed by atoms with Gasteiger partial charge in [-0.25, -0.2) is 0 Å². The Labute approximate surface area is 181 Å². The zero-order chi connectivity index (χ0) is 22.4. The number of nitrogens with zero attached hydrogens (tertiary/aromatic N) is 2. The van der Waals surface area contributed by atoms with E-state index in [1.165, 1.54) is 4.90 Å². The minimum absolute atomic E-state index is 0.108. The van der Waals surface area contributed by atoms with Gasteiger partial charge in [0.25, 0.3) is 5.91 Å². The van der Waals surface area contributed by atoms with E-state index in [2.05, 4.69) is 10.6 Å². The second-order valence-electron chi connectivity index (χ2n) is 7.74. The molecule has 0 spiro atoms. The quantitative estimate of drug-likeness (QED) is 0.632. The molecule has 0 radical (unpaired) electrons. The summed E-state index contributed by atoms with van der Waals surface area (Å²) in [5, 5.41) is 5.69. The van der Waals surface area contributed by atoms with Crippen LogP contribution < -0.4 is 10.6 Å². The summed E-state index contributed by atoms with van der Waals surface area (Å²) < 4.78 is 0. The van der Waals surface area contributed by atoms with Crippen molar-refractivity contribution < 1.29 is 19.2 Å². The van der Waals surface area contributed by atoms with Crippen molar-refractivity contribution in [3.05, 3.63) is 65.2 Å². The number of rotatable bonds is 8. The van der Waals surface area contributed by atoms with E-state index >= 15 is 0 Å². The lowest BCUT2D eigenvalue weighted by Gasteiger charge is -2.14. The second kappa shape index (κ2) is 9.99. The maximum atomic E-state index is 12.5. The Morgan fingerprint density at radius 3 is 2.29 bits per heavy atom. The van der Waals surface area contributed by atoms with Gasteiger partial charge in [-0.2, -0.15) is 0 Å². The van der Waals surface area contributed by atoms with Crippen LogP contribution in [0.15, 0.2) is 48.5 Å². The molecule has 0 aliphatic carbocycles.